The molecule has 2 aromatic rings. The molecule has 0 aliphatic carbocycles. The summed E-state index contributed by atoms with van der Waals surface area (Å²) in [6.45, 7) is -0.0915. The summed E-state index contributed by atoms with van der Waals surface area (Å²) in [5, 5.41) is 1.28. The van der Waals surface area contributed by atoms with E-state index < -0.39 is 37.8 Å². The van der Waals surface area contributed by atoms with Gasteiger partial charge in [0.15, 0.2) is 9.84 Å². The van der Waals surface area contributed by atoms with E-state index in [0.717, 1.165) is 12.1 Å². The van der Waals surface area contributed by atoms with Crippen LogP contribution in [0.1, 0.15) is 28.8 Å². The van der Waals surface area contributed by atoms with Crippen LogP contribution in [0.4, 0.5) is 18.9 Å². The predicted octanol–water partition coefficient (Wildman–Crippen LogP) is 4.57. The molecule has 29 heavy (non-hydrogen) atoms. The highest BCUT2D eigenvalue weighted by Crippen LogP contribution is 2.36. The standard InChI is InChI=1S/C19H17ClF3NO4S/c20-16-8-7-12(10-15(16)19(21,22)23)24-18(25)14-5-1-2-6-17(14)28-11-13-4-3-9-29(13,26)27/h1-2,5-8,10,13H,3-4,9,11H2,(H,24,25)/t13-/m1/s1. The number of para-hydroxylation sites is 1. The fourth-order valence-electron chi connectivity index (χ4n) is 3.03. The fraction of sp³-hybridized carbons (Fsp3) is 0.316. The number of hydrogen-bond acceptors (Lipinski definition) is 4. The average molecular weight is 448 g/mol. The van der Waals surface area contributed by atoms with Crippen LogP contribution in [0.3, 0.4) is 0 Å². The molecule has 2 aromatic carbocycles. The molecule has 1 amide bonds. The van der Waals surface area contributed by atoms with Crippen LogP contribution in [0.15, 0.2) is 42.5 Å². The number of benzene rings is 2. The van der Waals surface area contributed by atoms with Crippen LogP contribution in [0.2, 0.25) is 5.02 Å². The Labute approximate surface area is 170 Å². The molecule has 0 spiro atoms. The summed E-state index contributed by atoms with van der Waals surface area (Å²) in [5.74, 6) is -0.427. The molecule has 0 saturated carbocycles. The van der Waals surface area contributed by atoms with Gasteiger partial charge < -0.3 is 10.1 Å². The molecule has 0 radical (unpaired) electrons. The number of sulfone groups is 1. The number of carbonyl (C=O) groups is 1. The molecule has 156 valence electrons. The van der Waals surface area contributed by atoms with Crippen molar-refractivity contribution in [3.63, 3.8) is 0 Å². The van der Waals surface area contributed by atoms with Gasteiger partial charge in [-0.3, -0.25) is 4.79 Å². The van der Waals surface area contributed by atoms with Gasteiger partial charge in [0.05, 0.1) is 27.2 Å². The Morgan fingerprint density at radius 3 is 2.59 bits per heavy atom. The molecule has 0 bridgehead atoms. The van der Waals surface area contributed by atoms with Crippen molar-refractivity contribution in [3.05, 3.63) is 58.6 Å². The Morgan fingerprint density at radius 2 is 1.93 bits per heavy atom. The van der Waals surface area contributed by atoms with E-state index in [0.29, 0.717) is 12.8 Å². The van der Waals surface area contributed by atoms with Gasteiger partial charge in [-0.1, -0.05) is 23.7 Å². The molecule has 1 aliphatic rings. The van der Waals surface area contributed by atoms with Crippen molar-refractivity contribution < 1.29 is 31.1 Å². The number of alkyl halides is 3. The van der Waals surface area contributed by atoms with Gasteiger partial charge in [-0.25, -0.2) is 8.42 Å². The molecule has 10 heteroatoms. The molecule has 3 rings (SSSR count). The zero-order valence-corrected chi connectivity index (χ0v) is 16.6. The highest BCUT2D eigenvalue weighted by molar-refractivity contribution is 7.92. The van der Waals surface area contributed by atoms with Crippen LogP contribution >= 0.6 is 11.6 Å². The van der Waals surface area contributed by atoms with Crippen LogP contribution in [0.5, 0.6) is 5.75 Å². The molecule has 0 aromatic heterocycles. The number of nitrogens with one attached hydrogen (secondary N) is 1. The summed E-state index contributed by atoms with van der Waals surface area (Å²) in [7, 11) is -3.21. The highest BCUT2D eigenvalue weighted by atomic mass is 35.5. The Kier molecular flexibility index (Phi) is 6.09. The van der Waals surface area contributed by atoms with Crippen LogP contribution in [0.25, 0.3) is 0 Å². The van der Waals surface area contributed by atoms with Gasteiger partial charge in [0.2, 0.25) is 0 Å². The molecule has 1 saturated heterocycles. The third kappa shape index (κ3) is 5.02. The van der Waals surface area contributed by atoms with Crippen molar-refractivity contribution in [2.24, 2.45) is 0 Å². The van der Waals surface area contributed by atoms with Gasteiger partial charge in [0, 0.05) is 5.69 Å². The minimum atomic E-state index is -4.66. The van der Waals surface area contributed by atoms with E-state index in [1.165, 1.54) is 18.2 Å². The number of anilines is 1. The number of hydrogen-bond donors (Lipinski definition) is 1. The lowest BCUT2D eigenvalue weighted by molar-refractivity contribution is -0.137. The molecular weight excluding hydrogens is 431 g/mol. The number of ether oxygens (including phenoxy) is 1. The third-order valence-electron chi connectivity index (χ3n) is 4.55. The summed E-state index contributed by atoms with van der Waals surface area (Å²) >= 11 is 5.58. The Hall–Kier alpha value is -2.26. The SMILES string of the molecule is O=C(Nc1ccc(Cl)c(C(F)(F)F)c1)c1ccccc1OC[C@H]1CCCS1(=O)=O. The first-order valence-electron chi connectivity index (χ1n) is 8.69. The summed E-state index contributed by atoms with van der Waals surface area (Å²) in [4.78, 5) is 12.6. The topological polar surface area (TPSA) is 72.5 Å². The van der Waals surface area contributed by atoms with E-state index in [2.05, 4.69) is 5.32 Å². The number of rotatable bonds is 5. The third-order valence-corrected chi connectivity index (χ3v) is 7.12. The van der Waals surface area contributed by atoms with Crippen molar-refractivity contribution in [1.82, 2.24) is 0 Å². The first-order chi connectivity index (χ1) is 13.6. The number of amides is 1. The lowest BCUT2D eigenvalue weighted by Crippen LogP contribution is -2.24. The lowest BCUT2D eigenvalue weighted by atomic mass is 10.1. The van der Waals surface area contributed by atoms with E-state index >= 15 is 0 Å². The molecule has 1 fully saturated rings. The first-order valence-corrected chi connectivity index (χ1v) is 10.8. The number of carbonyl (C=O) groups excluding carboxylic acids is 1. The van der Waals surface area contributed by atoms with Gasteiger partial charge >= 0.3 is 6.18 Å². The van der Waals surface area contributed by atoms with Gasteiger partial charge in [0.25, 0.3) is 5.91 Å². The summed E-state index contributed by atoms with van der Waals surface area (Å²) in [6.07, 6.45) is -3.61. The van der Waals surface area contributed by atoms with Crippen molar-refractivity contribution in [3.8, 4) is 5.75 Å². The maximum Gasteiger partial charge on any atom is 0.417 e. The molecular formula is C19H17ClF3NO4S. The zero-order valence-electron chi connectivity index (χ0n) is 15.0. The van der Waals surface area contributed by atoms with Crippen molar-refractivity contribution in [1.29, 1.82) is 0 Å². The maximum absolute atomic E-state index is 13.0. The Balaban J connectivity index is 1.77. The van der Waals surface area contributed by atoms with E-state index in [1.54, 1.807) is 12.1 Å². The van der Waals surface area contributed by atoms with E-state index in [4.69, 9.17) is 16.3 Å². The van der Waals surface area contributed by atoms with Crippen LogP contribution in [0, 0.1) is 0 Å². The molecule has 1 N–H and O–H groups in total. The van der Waals surface area contributed by atoms with Gasteiger partial charge in [-0.05, 0) is 43.2 Å². The Morgan fingerprint density at radius 1 is 1.21 bits per heavy atom. The second-order valence-electron chi connectivity index (χ2n) is 6.58. The quantitative estimate of drug-likeness (QED) is 0.729. The van der Waals surface area contributed by atoms with Gasteiger partial charge in [-0.15, -0.1) is 0 Å². The number of halogens is 4. The molecule has 1 aliphatic heterocycles. The van der Waals surface area contributed by atoms with Gasteiger partial charge in [-0.2, -0.15) is 13.2 Å². The minimum Gasteiger partial charge on any atom is -0.491 e. The van der Waals surface area contributed by atoms with Crippen LogP contribution in [-0.4, -0.2) is 31.9 Å². The highest BCUT2D eigenvalue weighted by Gasteiger charge is 2.34. The summed E-state index contributed by atoms with van der Waals surface area (Å²) in [6, 6.07) is 9.16. The second kappa shape index (κ2) is 8.23. The predicted molar refractivity (Wildman–Crippen MR) is 103 cm³/mol. The molecule has 0 unspecified atom stereocenters. The average Bonchev–Trinajstić information content (AvgIpc) is 2.99. The first kappa shape index (κ1) is 21.4. The maximum atomic E-state index is 13.0. The molecule has 1 atom stereocenters. The van der Waals surface area contributed by atoms with Gasteiger partial charge in [0.1, 0.15) is 12.4 Å². The van der Waals surface area contributed by atoms with Crippen LogP contribution < -0.4 is 10.1 Å². The lowest BCUT2D eigenvalue weighted by Gasteiger charge is -2.15. The molecule has 1 heterocycles. The smallest absolute Gasteiger partial charge is 0.417 e. The zero-order chi connectivity index (χ0) is 21.2. The summed E-state index contributed by atoms with van der Waals surface area (Å²) < 4.78 is 68.4. The normalized spacial score (nSPS) is 18.4. The van der Waals surface area contributed by atoms with Crippen molar-refractivity contribution in [2.45, 2.75) is 24.3 Å². The molecule has 5 nitrogen and oxygen atoms in total. The largest absolute Gasteiger partial charge is 0.491 e. The van der Waals surface area contributed by atoms with E-state index in [1.807, 2.05) is 0 Å². The fourth-order valence-corrected chi connectivity index (χ4v) is 4.96. The monoisotopic (exact) mass is 447 g/mol. The second-order valence-corrected chi connectivity index (χ2v) is 9.39. The van der Waals surface area contributed by atoms with Crippen molar-refractivity contribution in [2.75, 3.05) is 17.7 Å². The Bertz CT molecular complexity index is 1020. The van der Waals surface area contributed by atoms with Crippen molar-refractivity contribution >= 4 is 33.0 Å². The van der Waals surface area contributed by atoms with E-state index in [-0.39, 0.29) is 29.4 Å². The van der Waals surface area contributed by atoms with Crippen LogP contribution in [-0.2, 0) is 16.0 Å². The minimum absolute atomic E-state index is 0.0754. The summed E-state index contributed by atoms with van der Waals surface area (Å²) in [5.41, 5.74) is -1.07. The van der Waals surface area contributed by atoms with E-state index in [9.17, 15) is 26.4 Å².